The largest absolute Gasteiger partial charge is 0.352 e. The minimum absolute atomic E-state index is 0.0464. The minimum atomic E-state index is -0.415. The Hall–Kier alpha value is -1.83. The van der Waals surface area contributed by atoms with E-state index in [1.54, 1.807) is 28.5 Å². The number of hydrogen-bond acceptors (Lipinski definition) is 5. The Labute approximate surface area is 177 Å². The molecule has 2 amide bonds. The van der Waals surface area contributed by atoms with Gasteiger partial charge in [0, 0.05) is 23.0 Å². The average Bonchev–Trinajstić information content (AvgIpc) is 3.39. The molecule has 0 spiro atoms. The summed E-state index contributed by atoms with van der Waals surface area (Å²) in [6.07, 6.45) is 4.59. The highest BCUT2D eigenvalue weighted by molar-refractivity contribution is 7.14. The fourth-order valence-electron chi connectivity index (χ4n) is 3.26. The number of rotatable bonds is 5. The van der Waals surface area contributed by atoms with Crippen molar-refractivity contribution in [3.8, 4) is 0 Å². The van der Waals surface area contributed by atoms with Crippen molar-refractivity contribution >= 4 is 57.2 Å². The van der Waals surface area contributed by atoms with Gasteiger partial charge in [-0.2, -0.15) is 0 Å². The van der Waals surface area contributed by atoms with Crippen molar-refractivity contribution in [1.82, 2.24) is 15.2 Å². The monoisotopic (exact) mass is 438 g/mol. The minimum Gasteiger partial charge on any atom is -0.352 e. The molecular formula is C19H20Cl2N4O2S. The molecule has 2 aliphatic rings. The molecule has 0 radical (unpaired) electrons. The molecule has 1 aliphatic heterocycles. The lowest BCUT2D eigenvalue weighted by Crippen LogP contribution is -2.52. The highest BCUT2D eigenvalue weighted by Gasteiger charge is 2.35. The molecule has 9 heteroatoms. The molecule has 148 valence electrons. The van der Waals surface area contributed by atoms with Gasteiger partial charge in [-0.05, 0) is 50.3 Å². The third-order valence-corrected chi connectivity index (χ3v) is 6.21. The van der Waals surface area contributed by atoms with Gasteiger partial charge < -0.3 is 15.5 Å². The fraction of sp³-hybridized carbons (Fsp3) is 0.421. The molecule has 0 bridgehead atoms. The Morgan fingerprint density at radius 2 is 2.00 bits per heavy atom. The summed E-state index contributed by atoms with van der Waals surface area (Å²) in [5, 5.41) is 9.43. The second-order valence-electron chi connectivity index (χ2n) is 7.08. The number of carbonyl (C=O) groups is 2. The smallest absolute Gasteiger partial charge is 0.274 e. The van der Waals surface area contributed by atoms with Gasteiger partial charge in [-0.3, -0.25) is 9.59 Å². The first kappa shape index (κ1) is 19.5. The number of piperidine rings is 1. The summed E-state index contributed by atoms with van der Waals surface area (Å²) in [6, 6.07) is 4.97. The Morgan fingerprint density at radius 3 is 2.79 bits per heavy atom. The number of benzene rings is 1. The number of carbonyl (C=O) groups excluding carboxylic acids is 2. The van der Waals surface area contributed by atoms with E-state index in [1.807, 2.05) is 0 Å². The second kappa shape index (κ2) is 8.27. The molecular weight excluding hydrogens is 419 g/mol. The molecule has 1 saturated heterocycles. The average molecular weight is 439 g/mol. The standard InChI is InChI=1S/C19H20Cl2N4O2S/c20-11-4-7-13(21)14(9-11)23-19-24-15(10-28-19)18(27)25-8-2-1-3-16(25)17(26)22-12-5-6-12/h4,7,9-10,12,16H,1-3,5-6,8H2,(H,22,26)(H,23,24). The van der Waals surface area contributed by atoms with Crippen LogP contribution in [0.3, 0.4) is 0 Å². The lowest BCUT2D eigenvalue weighted by Gasteiger charge is -2.34. The first-order valence-electron chi connectivity index (χ1n) is 9.30. The van der Waals surface area contributed by atoms with E-state index in [-0.39, 0.29) is 17.9 Å². The second-order valence-corrected chi connectivity index (χ2v) is 8.78. The molecule has 1 atom stereocenters. The van der Waals surface area contributed by atoms with Gasteiger partial charge >= 0.3 is 0 Å². The van der Waals surface area contributed by atoms with E-state index in [2.05, 4.69) is 15.6 Å². The highest BCUT2D eigenvalue weighted by atomic mass is 35.5. The molecule has 1 unspecified atom stereocenters. The van der Waals surface area contributed by atoms with Crippen LogP contribution >= 0.6 is 34.5 Å². The van der Waals surface area contributed by atoms with E-state index < -0.39 is 6.04 Å². The Kier molecular flexibility index (Phi) is 5.75. The van der Waals surface area contributed by atoms with Crippen molar-refractivity contribution < 1.29 is 9.59 Å². The van der Waals surface area contributed by atoms with E-state index in [1.165, 1.54) is 11.3 Å². The van der Waals surface area contributed by atoms with E-state index >= 15 is 0 Å². The summed E-state index contributed by atoms with van der Waals surface area (Å²) in [7, 11) is 0. The van der Waals surface area contributed by atoms with Gasteiger partial charge in [0.1, 0.15) is 11.7 Å². The summed E-state index contributed by atoms with van der Waals surface area (Å²) in [5.41, 5.74) is 0.957. The Bertz CT molecular complexity index is 900. The van der Waals surface area contributed by atoms with Crippen LogP contribution < -0.4 is 10.6 Å². The number of aromatic nitrogens is 1. The molecule has 1 aliphatic carbocycles. The topological polar surface area (TPSA) is 74.3 Å². The van der Waals surface area contributed by atoms with Crippen LogP contribution in [0, 0.1) is 0 Å². The number of nitrogens with one attached hydrogen (secondary N) is 2. The van der Waals surface area contributed by atoms with Crippen LogP contribution in [0.5, 0.6) is 0 Å². The van der Waals surface area contributed by atoms with Gasteiger partial charge in [0.2, 0.25) is 5.91 Å². The summed E-state index contributed by atoms with van der Waals surface area (Å²) in [6.45, 7) is 0.571. The van der Waals surface area contributed by atoms with Gasteiger partial charge in [0.05, 0.1) is 10.7 Å². The van der Waals surface area contributed by atoms with Crippen LogP contribution in [0.25, 0.3) is 0 Å². The molecule has 1 aromatic carbocycles. The summed E-state index contributed by atoms with van der Waals surface area (Å²) in [5.74, 6) is -0.257. The maximum atomic E-state index is 13.0. The summed E-state index contributed by atoms with van der Waals surface area (Å²) >= 11 is 13.5. The maximum Gasteiger partial charge on any atom is 0.274 e. The molecule has 2 aromatic rings. The van der Waals surface area contributed by atoms with Crippen LogP contribution in [0.15, 0.2) is 23.6 Å². The van der Waals surface area contributed by atoms with Crippen molar-refractivity contribution in [3.63, 3.8) is 0 Å². The molecule has 1 aromatic heterocycles. The zero-order chi connectivity index (χ0) is 19.7. The SMILES string of the molecule is O=C(NC1CC1)C1CCCCN1C(=O)c1csc(Nc2cc(Cl)ccc2Cl)n1. The molecule has 1 saturated carbocycles. The predicted octanol–water partition coefficient (Wildman–Crippen LogP) is 4.47. The van der Waals surface area contributed by atoms with Gasteiger partial charge in [-0.15, -0.1) is 11.3 Å². The van der Waals surface area contributed by atoms with E-state index in [9.17, 15) is 9.59 Å². The third-order valence-electron chi connectivity index (χ3n) is 4.88. The maximum absolute atomic E-state index is 13.0. The highest BCUT2D eigenvalue weighted by Crippen LogP contribution is 2.30. The van der Waals surface area contributed by atoms with Gasteiger partial charge in [0.15, 0.2) is 5.13 Å². The number of anilines is 2. The Balaban J connectivity index is 1.48. The first-order valence-corrected chi connectivity index (χ1v) is 10.9. The zero-order valence-corrected chi connectivity index (χ0v) is 17.4. The van der Waals surface area contributed by atoms with Gasteiger partial charge in [-0.1, -0.05) is 23.2 Å². The van der Waals surface area contributed by atoms with Gasteiger partial charge in [0.25, 0.3) is 5.91 Å². The van der Waals surface area contributed by atoms with E-state index in [0.29, 0.717) is 39.5 Å². The van der Waals surface area contributed by atoms with Gasteiger partial charge in [-0.25, -0.2) is 4.98 Å². The molecule has 6 nitrogen and oxygen atoms in total. The number of amides is 2. The van der Waals surface area contributed by atoms with Crippen LogP contribution in [0.4, 0.5) is 10.8 Å². The number of hydrogen-bond donors (Lipinski definition) is 2. The van der Waals surface area contributed by atoms with E-state index in [4.69, 9.17) is 23.2 Å². The van der Waals surface area contributed by atoms with Crippen molar-refractivity contribution in [2.24, 2.45) is 0 Å². The molecule has 4 rings (SSSR count). The molecule has 2 fully saturated rings. The van der Waals surface area contributed by atoms with Crippen molar-refractivity contribution in [1.29, 1.82) is 0 Å². The number of nitrogens with zero attached hydrogens (tertiary/aromatic N) is 2. The predicted molar refractivity (Wildman–Crippen MR) is 112 cm³/mol. The number of likely N-dealkylation sites (tertiary alicyclic amines) is 1. The zero-order valence-electron chi connectivity index (χ0n) is 15.1. The summed E-state index contributed by atoms with van der Waals surface area (Å²) < 4.78 is 0. The quantitative estimate of drug-likeness (QED) is 0.721. The van der Waals surface area contributed by atoms with Crippen molar-refractivity contribution in [2.75, 3.05) is 11.9 Å². The molecule has 2 heterocycles. The molecule has 28 heavy (non-hydrogen) atoms. The number of halogens is 2. The third kappa shape index (κ3) is 4.42. The van der Waals surface area contributed by atoms with Crippen LogP contribution in [0.1, 0.15) is 42.6 Å². The number of thiazole rings is 1. The lowest BCUT2D eigenvalue weighted by atomic mass is 10.0. The van der Waals surface area contributed by atoms with Crippen molar-refractivity contribution in [3.05, 3.63) is 39.3 Å². The fourth-order valence-corrected chi connectivity index (χ4v) is 4.29. The lowest BCUT2D eigenvalue weighted by molar-refractivity contribution is -0.126. The normalized spacial score (nSPS) is 19.4. The molecule has 2 N–H and O–H groups in total. The van der Waals surface area contributed by atoms with Crippen LogP contribution in [0.2, 0.25) is 10.0 Å². The summed E-state index contributed by atoms with van der Waals surface area (Å²) in [4.78, 5) is 31.6. The first-order chi connectivity index (χ1) is 13.5. The van der Waals surface area contributed by atoms with Crippen LogP contribution in [-0.2, 0) is 4.79 Å². The van der Waals surface area contributed by atoms with Crippen LogP contribution in [-0.4, -0.2) is 40.3 Å². The van der Waals surface area contributed by atoms with E-state index in [0.717, 1.165) is 25.7 Å². The van der Waals surface area contributed by atoms with Crippen molar-refractivity contribution in [2.45, 2.75) is 44.2 Å². The Morgan fingerprint density at radius 1 is 1.18 bits per heavy atom.